The van der Waals surface area contributed by atoms with Crippen LogP contribution in [0.1, 0.15) is 44.0 Å². The zero-order valence-corrected chi connectivity index (χ0v) is 11.7. The van der Waals surface area contributed by atoms with Crippen LogP contribution in [0.25, 0.3) is 0 Å². The minimum Gasteiger partial charge on any atom is -0.496 e. The molecule has 18 heavy (non-hydrogen) atoms. The van der Waals surface area contributed by atoms with E-state index in [1.165, 1.54) is 0 Å². The average molecular weight is 249 g/mol. The standard InChI is InChI=1S/C15H23NO2/c1-15(2,3)10-11(16)9-13(17)12-7-5-6-8-14(12)18-4/h5-8,11H,9-10,16H2,1-4H3. The molecule has 2 N–H and O–H groups in total. The molecular weight excluding hydrogens is 226 g/mol. The second-order valence-corrected chi connectivity index (χ2v) is 5.85. The van der Waals surface area contributed by atoms with Gasteiger partial charge in [0.05, 0.1) is 12.7 Å². The first-order valence-corrected chi connectivity index (χ1v) is 6.25. The van der Waals surface area contributed by atoms with Crippen molar-refractivity contribution in [3.8, 4) is 5.75 Å². The van der Waals surface area contributed by atoms with Crippen LogP contribution in [0.2, 0.25) is 0 Å². The molecular formula is C15H23NO2. The lowest BCUT2D eigenvalue weighted by Gasteiger charge is -2.22. The van der Waals surface area contributed by atoms with Crippen molar-refractivity contribution in [3.63, 3.8) is 0 Å². The van der Waals surface area contributed by atoms with E-state index < -0.39 is 0 Å². The fraction of sp³-hybridized carbons (Fsp3) is 0.533. The van der Waals surface area contributed by atoms with E-state index in [1.807, 2.05) is 12.1 Å². The fourth-order valence-corrected chi connectivity index (χ4v) is 2.08. The van der Waals surface area contributed by atoms with Gasteiger partial charge in [0, 0.05) is 12.5 Å². The van der Waals surface area contributed by atoms with Crippen molar-refractivity contribution in [3.05, 3.63) is 29.8 Å². The number of ether oxygens (including phenoxy) is 1. The third-order valence-electron chi connectivity index (χ3n) is 2.73. The van der Waals surface area contributed by atoms with Gasteiger partial charge in [0.1, 0.15) is 5.75 Å². The number of ketones is 1. The van der Waals surface area contributed by atoms with Gasteiger partial charge in [-0.05, 0) is 24.0 Å². The molecule has 1 unspecified atom stereocenters. The number of para-hydroxylation sites is 1. The van der Waals surface area contributed by atoms with Crippen LogP contribution in [0.15, 0.2) is 24.3 Å². The molecule has 0 amide bonds. The minimum absolute atomic E-state index is 0.0456. The van der Waals surface area contributed by atoms with Crippen molar-refractivity contribution in [2.45, 2.75) is 39.7 Å². The summed E-state index contributed by atoms with van der Waals surface area (Å²) >= 11 is 0. The highest BCUT2D eigenvalue weighted by Crippen LogP contribution is 2.24. The van der Waals surface area contributed by atoms with Gasteiger partial charge >= 0.3 is 0 Å². The van der Waals surface area contributed by atoms with Gasteiger partial charge in [-0.1, -0.05) is 32.9 Å². The number of carbonyl (C=O) groups is 1. The molecule has 0 radical (unpaired) electrons. The largest absolute Gasteiger partial charge is 0.496 e. The maximum atomic E-state index is 12.2. The molecule has 1 atom stereocenters. The Hall–Kier alpha value is -1.35. The Morgan fingerprint density at radius 2 is 1.94 bits per heavy atom. The highest BCUT2D eigenvalue weighted by Gasteiger charge is 2.20. The lowest BCUT2D eigenvalue weighted by molar-refractivity contribution is 0.0965. The highest BCUT2D eigenvalue weighted by molar-refractivity contribution is 5.98. The number of hydrogen-bond donors (Lipinski definition) is 1. The van der Waals surface area contributed by atoms with Crippen LogP contribution < -0.4 is 10.5 Å². The number of methoxy groups -OCH3 is 1. The number of Topliss-reactive ketones (excluding diaryl/α,β-unsaturated/α-hetero) is 1. The summed E-state index contributed by atoms with van der Waals surface area (Å²) in [6.07, 6.45) is 1.19. The van der Waals surface area contributed by atoms with Crippen LogP contribution >= 0.6 is 0 Å². The van der Waals surface area contributed by atoms with Crippen molar-refractivity contribution < 1.29 is 9.53 Å². The van der Waals surface area contributed by atoms with E-state index in [-0.39, 0.29) is 17.2 Å². The SMILES string of the molecule is COc1ccccc1C(=O)CC(N)CC(C)(C)C. The highest BCUT2D eigenvalue weighted by atomic mass is 16.5. The summed E-state index contributed by atoms with van der Waals surface area (Å²) in [5, 5.41) is 0. The Morgan fingerprint density at radius 3 is 2.50 bits per heavy atom. The molecule has 1 aromatic carbocycles. The Balaban J connectivity index is 2.71. The summed E-state index contributed by atoms with van der Waals surface area (Å²) in [7, 11) is 1.57. The Labute approximate surface area is 109 Å². The molecule has 0 aromatic heterocycles. The maximum Gasteiger partial charge on any atom is 0.168 e. The van der Waals surface area contributed by atoms with Crippen LogP contribution in [-0.2, 0) is 0 Å². The number of hydrogen-bond acceptors (Lipinski definition) is 3. The first-order chi connectivity index (χ1) is 8.33. The molecule has 0 heterocycles. The van der Waals surface area contributed by atoms with E-state index in [2.05, 4.69) is 20.8 Å². The van der Waals surface area contributed by atoms with Crippen LogP contribution in [0.4, 0.5) is 0 Å². The second-order valence-electron chi connectivity index (χ2n) is 5.85. The van der Waals surface area contributed by atoms with Gasteiger partial charge in [0.2, 0.25) is 0 Å². The lowest BCUT2D eigenvalue weighted by atomic mass is 9.86. The fourth-order valence-electron chi connectivity index (χ4n) is 2.08. The predicted molar refractivity (Wildman–Crippen MR) is 74.0 cm³/mol. The first-order valence-electron chi connectivity index (χ1n) is 6.25. The number of benzene rings is 1. The van der Waals surface area contributed by atoms with Crippen molar-refractivity contribution in [2.75, 3.05) is 7.11 Å². The molecule has 0 saturated carbocycles. The summed E-state index contributed by atoms with van der Waals surface area (Å²) in [4.78, 5) is 12.2. The third kappa shape index (κ3) is 4.49. The van der Waals surface area contributed by atoms with Gasteiger partial charge in [0.15, 0.2) is 5.78 Å². The third-order valence-corrected chi connectivity index (χ3v) is 2.73. The second kappa shape index (κ2) is 6.01. The van der Waals surface area contributed by atoms with Gasteiger partial charge in [-0.15, -0.1) is 0 Å². The van der Waals surface area contributed by atoms with E-state index >= 15 is 0 Å². The summed E-state index contributed by atoms with van der Waals surface area (Å²) in [5.41, 5.74) is 6.78. The molecule has 1 aromatic rings. The maximum absolute atomic E-state index is 12.2. The molecule has 0 spiro atoms. The first kappa shape index (κ1) is 14.7. The smallest absolute Gasteiger partial charge is 0.168 e. The van der Waals surface area contributed by atoms with E-state index in [9.17, 15) is 4.79 Å². The molecule has 3 nitrogen and oxygen atoms in total. The van der Waals surface area contributed by atoms with Crippen molar-refractivity contribution in [1.82, 2.24) is 0 Å². The Morgan fingerprint density at radius 1 is 1.33 bits per heavy atom. The predicted octanol–water partition coefficient (Wildman–Crippen LogP) is 3.03. The van der Waals surface area contributed by atoms with Crippen LogP contribution in [0.5, 0.6) is 5.75 Å². The minimum atomic E-state index is -0.109. The monoisotopic (exact) mass is 249 g/mol. The summed E-state index contributed by atoms with van der Waals surface area (Å²) in [5.74, 6) is 0.662. The van der Waals surface area contributed by atoms with Gasteiger partial charge in [-0.2, -0.15) is 0 Å². The lowest BCUT2D eigenvalue weighted by Crippen LogP contribution is -2.29. The molecule has 0 aliphatic carbocycles. The van der Waals surface area contributed by atoms with E-state index in [0.717, 1.165) is 6.42 Å². The average Bonchev–Trinajstić information content (AvgIpc) is 2.26. The van der Waals surface area contributed by atoms with Crippen molar-refractivity contribution >= 4 is 5.78 Å². The summed E-state index contributed by atoms with van der Waals surface area (Å²) in [6.45, 7) is 6.38. The van der Waals surface area contributed by atoms with Crippen LogP contribution in [0, 0.1) is 5.41 Å². The van der Waals surface area contributed by atoms with E-state index in [1.54, 1.807) is 19.2 Å². The number of carbonyl (C=O) groups excluding carboxylic acids is 1. The Bertz CT molecular complexity index is 407. The molecule has 0 fully saturated rings. The summed E-state index contributed by atoms with van der Waals surface area (Å²) < 4.78 is 5.19. The van der Waals surface area contributed by atoms with E-state index in [0.29, 0.717) is 17.7 Å². The molecule has 0 aliphatic rings. The van der Waals surface area contributed by atoms with Crippen molar-refractivity contribution in [1.29, 1.82) is 0 Å². The topological polar surface area (TPSA) is 52.3 Å². The zero-order valence-electron chi connectivity index (χ0n) is 11.7. The van der Waals surface area contributed by atoms with Crippen LogP contribution in [-0.4, -0.2) is 18.9 Å². The molecule has 1 rings (SSSR count). The zero-order chi connectivity index (χ0) is 13.8. The van der Waals surface area contributed by atoms with E-state index in [4.69, 9.17) is 10.5 Å². The van der Waals surface area contributed by atoms with Crippen LogP contribution in [0.3, 0.4) is 0 Å². The molecule has 3 heteroatoms. The number of rotatable bonds is 5. The quantitative estimate of drug-likeness (QED) is 0.816. The van der Waals surface area contributed by atoms with Gasteiger partial charge in [0.25, 0.3) is 0 Å². The molecule has 0 aliphatic heterocycles. The van der Waals surface area contributed by atoms with Gasteiger partial charge < -0.3 is 10.5 Å². The van der Waals surface area contributed by atoms with Gasteiger partial charge in [-0.3, -0.25) is 4.79 Å². The van der Waals surface area contributed by atoms with Crippen molar-refractivity contribution in [2.24, 2.45) is 11.1 Å². The van der Waals surface area contributed by atoms with Gasteiger partial charge in [-0.25, -0.2) is 0 Å². The summed E-state index contributed by atoms with van der Waals surface area (Å²) in [6, 6.07) is 7.16. The molecule has 0 bridgehead atoms. The number of nitrogens with two attached hydrogens (primary N) is 1. The Kier molecular flexibility index (Phi) is 4.91. The molecule has 0 saturated heterocycles. The molecule has 100 valence electrons. The normalized spacial score (nSPS) is 13.2.